The molecule has 3 aromatic heterocycles. The van der Waals surface area contributed by atoms with Gasteiger partial charge < -0.3 is 19.5 Å². The smallest absolute Gasteiger partial charge is 0.277 e. The highest BCUT2D eigenvalue weighted by molar-refractivity contribution is 5.94. The van der Waals surface area contributed by atoms with E-state index in [0.717, 1.165) is 10.9 Å². The lowest BCUT2D eigenvalue weighted by Gasteiger charge is -2.27. The van der Waals surface area contributed by atoms with Gasteiger partial charge in [-0.25, -0.2) is 4.98 Å². The Hall–Kier alpha value is -3.99. The van der Waals surface area contributed by atoms with Crippen molar-refractivity contribution >= 4 is 34.2 Å². The van der Waals surface area contributed by atoms with Crippen LogP contribution in [0, 0.1) is 13.8 Å². The van der Waals surface area contributed by atoms with Crippen LogP contribution in [-0.2, 0) is 27.3 Å². The van der Waals surface area contributed by atoms with E-state index in [1.807, 2.05) is 39.9 Å². The van der Waals surface area contributed by atoms with Gasteiger partial charge in [0.25, 0.3) is 11.3 Å². The molecule has 0 radical (unpaired) electrons. The molecular weight excluding hydrogens is 450 g/mol. The second-order valence-electron chi connectivity index (χ2n) is 8.68. The van der Waals surface area contributed by atoms with Crippen LogP contribution in [0.1, 0.15) is 23.5 Å². The van der Waals surface area contributed by atoms with Crippen molar-refractivity contribution in [1.29, 1.82) is 0 Å². The molecule has 0 bridgehead atoms. The monoisotopic (exact) mass is 477 g/mol. The van der Waals surface area contributed by atoms with Gasteiger partial charge in [0, 0.05) is 47.9 Å². The zero-order valence-electron chi connectivity index (χ0n) is 19.7. The number of fused-ring (bicyclic) bond motifs is 2. The second kappa shape index (κ2) is 9.34. The first-order valence-corrected chi connectivity index (χ1v) is 11.6. The molecular formula is C24H27N7O4. The summed E-state index contributed by atoms with van der Waals surface area (Å²) in [5.74, 6) is 0.784. The zero-order valence-corrected chi connectivity index (χ0v) is 19.7. The molecule has 11 nitrogen and oxygen atoms in total. The highest BCUT2D eigenvalue weighted by Crippen LogP contribution is 2.21. The van der Waals surface area contributed by atoms with Crippen LogP contribution in [-0.4, -0.2) is 67.2 Å². The van der Waals surface area contributed by atoms with E-state index in [0.29, 0.717) is 54.9 Å². The fourth-order valence-electron chi connectivity index (χ4n) is 4.38. The number of aryl methyl sites for hydroxylation is 2. The van der Waals surface area contributed by atoms with E-state index >= 15 is 0 Å². The first-order chi connectivity index (χ1) is 16.9. The molecule has 1 fully saturated rings. The summed E-state index contributed by atoms with van der Waals surface area (Å²) in [6.45, 7) is 6.15. The number of morpholine rings is 1. The maximum absolute atomic E-state index is 12.7. The second-order valence-corrected chi connectivity index (χ2v) is 8.68. The molecule has 1 saturated heterocycles. The number of anilines is 1. The van der Waals surface area contributed by atoms with Gasteiger partial charge in [0.1, 0.15) is 12.4 Å². The molecule has 1 aromatic carbocycles. The number of hydrogen-bond donors (Lipinski definition) is 2. The SMILES string of the molecule is Cc1nc2nc(C)c(CCC(=O)Nc3ccc4c(ccn4CC(=O)N4CCOCC4)c3)c(=O)n2[nH]1. The van der Waals surface area contributed by atoms with Gasteiger partial charge in [-0.05, 0) is 44.5 Å². The molecule has 11 heteroatoms. The minimum Gasteiger partial charge on any atom is -0.378 e. The van der Waals surface area contributed by atoms with Crippen molar-refractivity contribution in [2.75, 3.05) is 31.6 Å². The standard InChI is InChI=1S/C24H27N7O4/c1-15-19(23(34)31-24(25-15)26-16(2)28-31)4-6-21(32)27-18-3-5-20-17(13-18)7-8-30(20)14-22(33)29-9-11-35-12-10-29/h3,5,7-8,13H,4,6,9-12,14H2,1-2H3,(H,27,32)(H,25,26,28). The highest BCUT2D eigenvalue weighted by Gasteiger charge is 2.18. The summed E-state index contributed by atoms with van der Waals surface area (Å²) in [5.41, 5.74) is 2.39. The lowest BCUT2D eigenvalue weighted by atomic mass is 10.1. The first-order valence-electron chi connectivity index (χ1n) is 11.6. The summed E-state index contributed by atoms with van der Waals surface area (Å²) in [7, 11) is 0. The van der Waals surface area contributed by atoms with E-state index in [1.54, 1.807) is 13.8 Å². The molecule has 5 rings (SSSR count). The number of aromatic amines is 1. The summed E-state index contributed by atoms with van der Waals surface area (Å²) in [5, 5.41) is 6.70. The lowest BCUT2D eigenvalue weighted by Crippen LogP contribution is -2.42. The number of carbonyl (C=O) groups is 2. The quantitative estimate of drug-likeness (QED) is 0.433. The summed E-state index contributed by atoms with van der Waals surface area (Å²) in [4.78, 5) is 48.3. The molecule has 2 N–H and O–H groups in total. The van der Waals surface area contributed by atoms with E-state index in [-0.39, 0.29) is 36.8 Å². The van der Waals surface area contributed by atoms with Crippen LogP contribution in [0.5, 0.6) is 0 Å². The van der Waals surface area contributed by atoms with Crippen LogP contribution in [0.3, 0.4) is 0 Å². The largest absolute Gasteiger partial charge is 0.378 e. The molecule has 0 unspecified atom stereocenters. The van der Waals surface area contributed by atoms with Crippen molar-refractivity contribution in [3.63, 3.8) is 0 Å². The van der Waals surface area contributed by atoms with E-state index in [2.05, 4.69) is 20.4 Å². The van der Waals surface area contributed by atoms with Crippen LogP contribution < -0.4 is 10.9 Å². The molecule has 0 spiro atoms. The summed E-state index contributed by atoms with van der Waals surface area (Å²) in [6, 6.07) is 7.52. The predicted molar refractivity (Wildman–Crippen MR) is 129 cm³/mol. The molecule has 182 valence electrons. The van der Waals surface area contributed by atoms with Gasteiger partial charge in [-0.2, -0.15) is 9.50 Å². The molecule has 1 aliphatic heterocycles. The van der Waals surface area contributed by atoms with E-state index in [1.165, 1.54) is 4.52 Å². The van der Waals surface area contributed by atoms with Crippen molar-refractivity contribution in [2.24, 2.45) is 0 Å². The third-order valence-corrected chi connectivity index (χ3v) is 6.23. The lowest BCUT2D eigenvalue weighted by molar-refractivity contribution is -0.135. The van der Waals surface area contributed by atoms with Gasteiger partial charge >= 0.3 is 0 Å². The number of rotatable bonds is 6. The van der Waals surface area contributed by atoms with Crippen molar-refractivity contribution < 1.29 is 14.3 Å². The normalized spacial score (nSPS) is 14.1. The molecule has 35 heavy (non-hydrogen) atoms. The topological polar surface area (TPSA) is 127 Å². The fraction of sp³-hybridized carbons (Fsp3) is 0.375. The Morgan fingerprint density at radius 3 is 2.74 bits per heavy atom. The number of aromatic nitrogens is 5. The van der Waals surface area contributed by atoms with Crippen LogP contribution >= 0.6 is 0 Å². The number of carbonyl (C=O) groups excluding carboxylic acids is 2. The Labute approximate surface area is 200 Å². The van der Waals surface area contributed by atoms with E-state index in [4.69, 9.17) is 4.74 Å². The number of nitrogens with zero attached hydrogens (tertiary/aromatic N) is 5. The number of hydrogen-bond acceptors (Lipinski definition) is 6. The van der Waals surface area contributed by atoms with Crippen LogP contribution in [0.15, 0.2) is 35.3 Å². The number of nitrogens with one attached hydrogen (secondary N) is 2. The van der Waals surface area contributed by atoms with Gasteiger partial charge in [-0.15, -0.1) is 0 Å². The summed E-state index contributed by atoms with van der Waals surface area (Å²) in [6.07, 6.45) is 2.29. The van der Waals surface area contributed by atoms with Crippen LogP contribution in [0.2, 0.25) is 0 Å². The number of benzene rings is 1. The Morgan fingerprint density at radius 1 is 1.14 bits per heavy atom. The molecule has 0 saturated carbocycles. The van der Waals surface area contributed by atoms with Crippen molar-refractivity contribution in [1.82, 2.24) is 29.0 Å². The fourth-order valence-corrected chi connectivity index (χ4v) is 4.38. The maximum Gasteiger partial charge on any atom is 0.277 e. The van der Waals surface area contributed by atoms with Crippen LogP contribution in [0.25, 0.3) is 16.7 Å². The van der Waals surface area contributed by atoms with Crippen molar-refractivity contribution in [3.8, 4) is 0 Å². The molecule has 4 aromatic rings. The van der Waals surface area contributed by atoms with Crippen LogP contribution in [0.4, 0.5) is 5.69 Å². The number of H-pyrrole nitrogens is 1. The van der Waals surface area contributed by atoms with Gasteiger partial charge in [-0.1, -0.05) is 0 Å². The first kappa shape index (κ1) is 22.8. The summed E-state index contributed by atoms with van der Waals surface area (Å²) >= 11 is 0. The molecule has 1 aliphatic rings. The third-order valence-electron chi connectivity index (χ3n) is 6.23. The Kier molecular flexibility index (Phi) is 6.08. The number of amides is 2. The minimum atomic E-state index is -0.240. The van der Waals surface area contributed by atoms with E-state index < -0.39 is 0 Å². The predicted octanol–water partition coefficient (Wildman–Crippen LogP) is 1.42. The van der Waals surface area contributed by atoms with Gasteiger partial charge in [0.2, 0.25) is 11.8 Å². The zero-order chi connectivity index (χ0) is 24.5. The molecule has 0 atom stereocenters. The Bertz CT molecular complexity index is 1480. The summed E-state index contributed by atoms with van der Waals surface area (Å²) < 4.78 is 8.53. The maximum atomic E-state index is 12.7. The Balaban J connectivity index is 1.24. The molecule has 4 heterocycles. The van der Waals surface area contributed by atoms with Gasteiger partial charge in [0.15, 0.2) is 0 Å². The van der Waals surface area contributed by atoms with Gasteiger partial charge in [0.05, 0.1) is 18.9 Å². The average molecular weight is 478 g/mol. The Morgan fingerprint density at radius 2 is 1.94 bits per heavy atom. The minimum absolute atomic E-state index is 0.0624. The third kappa shape index (κ3) is 4.67. The van der Waals surface area contributed by atoms with Crippen molar-refractivity contribution in [2.45, 2.75) is 33.2 Å². The van der Waals surface area contributed by atoms with E-state index in [9.17, 15) is 14.4 Å². The molecule has 2 amide bonds. The van der Waals surface area contributed by atoms with Crippen molar-refractivity contribution in [3.05, 3.63) is 57.9 Å². The average Bonchev–Trinajstić information content (AvgIpc) is 3.41. The van der Waals surface area contributed by atoms with Gasteiger partial charge in [-0.3, -0.25) is 19.5 Å². The molecule has 0 aliphatic carbocycles. The highest BCUT2D eigenvalue weighted by atomic mass is 16.5. The number of ether oxygens (including phenoxy) is 1.